The summed E-state index contributed by atoms with van der Waals surface area (Å²) in [5, 5.41) is -0.0499. The van der Waals surface area contributed by atoms with Crippen molar-refractivity contribution in [3.63, 3.8) is 0 Å². The van der Waals surface area contributed by atoms with Crippen molar-refractivity contribution in [3.8, 4) is 11.1 Å². The molecule has 88 valence electrons. The van der Waals surface area contributed by atoms with Crippen molar-refractivity contribution >= 4 is 33.2 Å². The van der Waals surface area contributed by atoms with E-state index < -0.39 is 11.6 Å². The number of nitrogens with two attached hydrogens (primary N) is 1. The minimum atomic E-state index is -0.627. The first-order valence-corrected chi connectivity index (χ1v) is 5.87. The zero-order valence-electron chi connectivity index (χ0n) is 8.48. The first-order chi connectivity index (χ1) is 8.02. The van der Waals surface area contributed by atoms with E-state index in [1.54, 1.807) is 12.1 Å². The Morgan fingerprint density at radius 3 is 2.47 bits per heavy atom. The summed E-state index contributed by atoms with van der Waals surface area (Å²) in [5.41, 5.74) is 5.95. The summed E-state index contributed by atoms with van der Waals surface area (Å²) < 4.78 is 27.6. The van der Waals surface area contributed by atoms with E-state index in [0.717, 1.165) is 0 Å². The molecular weight excluding hydrogens is 311 g/mol. The van der Waals surface area contributed by atoms with Crippen LogP contribution in [0.1, 0.15) is 0 Å². The minimum absolute atomic E-state index is 0.0499. The molecule has 5 heteroatoms. The van der Waals surface area contributed by atoms with E-state index in [0.29, 0.717) is 4.47 Å². The molecule has 0 saturated heterocycles. The second-order valence-electron chi connectivity index (χ2n) is 3.42. The molecule has 0 aromatic heterocycles. The predicted octanol–water partition coefficient (Wildman–Crippen LogP) is 4.63. The number of hydrogen-bond donors (Lipinski definition) is 1. The van der Waals surface area contributed by atoms with Gasteiger partial charge in [-0.15, -0.1) is 0 Å². The second kappa shape index (κ2) is 4.63. The average molecular weight is 319 g/mol. The van der Waals surface area contributed by atoms with E-state index in [-0.39, 0.29) is 21.8 Å². The van der Waals surface area contributed by atoms with Crippen LogP contribution in [0.25, 0.3) is 11.1 Å². The number of rotatable bonds is 1. The number of benzene rings is 2. The first-order valence-electron chi connectivity index (χ1n) is 4.70. The summed E-state index contributed by atoms with van der Waals surface area (Å²) in [4.78, 5) is 0. The standard InChI is InChI=1S/C12H7BrClF2N/c13-8-5-4-6(11(16)10(8)14)7-2-1-3-9(15)12(7)17/h1-5H,17H2. The fourth-order valence-corrected chi connectivity index (χ4v) is 1.98. The molecule has 0 saturated carbocycles. The smallest absolute Gasteiger partial charge is 0.150 e. The fraction of sp³-hybridized carbons (Fsp3) is 0. The molecule has 0 heterocycles. The van der Waals surface area contributed by atoms with Crippen molar-refractivity contribution in [1.82, 2.24) is 0 Å². The largest absolute Gasteiger partial charge is 0.396 e. The number of nitrogen functional groups attached to an aromatic ring is 1. The van der Waals surface area contributed by atoms with Crippen LogP contribution in [0.15, 0.2) is 34.8 Å². The quantitative estimate of drug-likeness (QED) is 0.602. The number of halogens is 4. The maximum absolute atomic E-state index is 13.9. The Kier molecular flexibility index (Phi) is 3.35. The lowest BCUT2D eigenvalue weighted by Crippen LogP contribution is -1.96. The molecule has 2 aromatic rings. The van der Waals surface area contributed by atoms with Gasteiger partial charge in [-0.3, -0.25) is 0 Å². The van der Waals surface area contributed by atoms with Crippen LogP contribution in [-0.2, 0) is 0 Å². The summed E-state index contributed by atoms with van der Waals surface area (Å²) >= 11 is 8.88. The fourth-order valence-electron chi connectivity index (χ4n) is 1.51. The zero-order valence-corrected chi connectivity index (χ0v) is 10.8. The highest BCUT2D eigenvalue weighted by atomic mass is 79.9. The maximum Gasteiger partial charge on any atom is 0.150 e. The van der Waals surface area contributed by atoms with Gasteiger partial charge in [-0.1, -0.05) is 29.8 Å². The van der Waals surface area contributed by atoms with Crippen molar-refractivity contribution in [2.24, 2.45) is 0 Å². The molecule has 0 aliphatic heterocycles. The van der Waals surface area contributed by atoms with Crippen molar-refractivity contribution in [2.75, 3.05) is 5.73 Å². The topological polar surface area (TPSA) is 26.0 Å². The van der Waals surface area contributed by atoms with E-state index in [1.807, 2.05) is 0 Å². The number of anilines is 1. The molecule has 0 amide bonds. The lowest BCUT2D eigenvalue weighted by atomic mass is 10.0. The number of para-hydroxylation sites is 1. The van der Waals surface area contributed by atoms with Gasteiger partial charge in [0.25, 0.3) is 0 Å². The van der Waals surface area contributed by atoms with Gasteiger partial charge in [-0.05, 0) is 28.1 Å². The van der Waals surface area contributed by atoms with Gasteiger partial charge in [0.2, 0.25) is 0 Å². The molecule has 0 aliphatic rings. The third-order valence-corrected chi connectivity index (χ3v) is 3.64. The van der Waals surface area contributed by atoms with Crippen molar-refractivity contribution in [2.45, 2.75) is 0 Å². The van der Waals surface area contributed by atoms with Crippen LogP contribution in [0, 0.1) is 11.6 Å². The molecule has 1 nitrogen and oxygen atoms in total. The molecule has 0 fully saturated rings. The summed E-state index contributed by atoms with van der Waals surface area (Å²) in [7, 11) is 0. The van der Waals surface area contributed by atoms with Crippen LogP contribution >= 0.6 is 27.5 Å². The molecule has 0 unspecified atom stereocenters. The highest BCUT2D eigenvalue weighted by Gasteiger charge is 2.15. The van der Waals surface area contributed by atoms with Gasteiger partial charge in [0.15, 0.2) is 5.82 Å². The van der Waals surface area contributed by atoms with Gasteiger partial charge in [-0.2, -0.15) is 0 Å². The molecule has 2 N–H and O–H groups in total. The Bertz CT molecular complexity index is 587. The predicted molar refractivity (Wildman–Crippen MR) is 68.9 cm³/mol. The average Bonchev–Trinajstić information content (AvgIpc) is 2.31. The minimum Gasteiger partial charge on any atom is -0.396 e. The van der Waals surface area contributed by atoms with Crippen LogP contribution in [0.5, 0.6) is 0 Å². The first kappa shape index (κ1) is 12.3. The number of hydrogen-bond acceptors (Lipinski definition) is 1. The summed E-state index contributed by atoms with van der Waals surface area (Å²) in [6.45, 7) is 0. The van der Waals surface area contributed by atoms with E-state index >= 15 is 0 Å². The molecular formula is C12H7BrClF2N. The molecule has 0 radical (unpaired) electrons. The molecule has 0 spiro atoms. The molecule has 2 aromatic carbocycles. The van der Waals surface area contributed by atoms with E-state index in [9.17, 15) is 8.78 Å². The van der Waals surface area contributed by atoms with Crippen LogP contribution in [0.2, 0.25) is 5.02 Å². The van der Waals surface area contributed by atoms with Gasteiger partial charge < -0.3 is 5.73 Å². The third kappa shape index (κ3) is 2.15. The summed E-state index contributed by atoms with van der Waals surface area (Å²) in [5.74, 6) is -1.21. The second-order valence-corrected chi connectivity index (χ2v) is 4.66. The monoisotopic (exact) mass is 317 g/mol. The lowest BCUT2D eigenvalue weighted by molar-refractivity contribution is 0.627. The van der Waals surface area contributed by atoms with Gasteiger partial charge >= 0.3 is 0 Å². The Hall–Kier alpha value is -1.13. The van der Waals surface area contributed by atoms with Crippen molar-refractivity contribution < 1.29 is 8.78 Å². The van der Waals surface area contributed by atoms with E-state index in [2.05, 4.69) is 15.9 Å². The van der Waals surface area contributed by atoms with Crippen LogP contribution in [0.3, 0.4) is 0 Å². The van der Waals surface area contributed by atoms with Crippen LogP contribution in [0.4, 0.5) is 14.5 Å². The molecule has 0 atom stereocenters. The molecule has 0 bridgehead atoms. The van der Waals surface area contributed by atoms with Gasteiger partial charge in [0.05, 0.1) is 10.7 Å². The van der Waals surface area contributed by atoms with Gasteiger partial charge in [-0.25, -0.2) is 8.78 Å². The molecule has 2 rings (SSSR count). The molecule has 0 aliphatic carbocycles. The van der Waals surface area contributed by atoms with Gasteiger partial charge in [0.1, 0.15) is 5.82 Å². The Morgan fingerprint density at radius 1 is 1.06 bits per heavy atom. The van der Waals surface area contributed by atoms with Gasteiger partial charge in [0, 0.05) is 15.6 Å². The highest BCUT2D eigenvalue weighted by molar-refractivity contribution is 9.10. The summed E-state index contributed by atoms with van der Waals surface area (Å²) in [6, 6.07) is 7.32. The SMILES string of the molecule is Nc1c(F)cccc1-c1ccc(Br)c(Cl)c1F. The normalized spacial score (nSPS) is 10.6. The van der Waals surface area contributed by atoms with Crippen LogP contribution < -0.4 is 5.73 Å². The zero-order chi connectivity index (χ0) is 12.6. The summed E-state index contributed by atoms with van der Waals surface area (Å²) in [6.07, 6.45) is 0. The Morgan fingerprint density at radius 2 is 1.76 bits per heavy atom. The Balaban J connectivity index is 2.69. The van der Waals surface area contributed by atoms with E-state index in [4.69, 9.17) is 17.3 Å². The Labute approximate surface area is 110 Å². The third-order valence-electron chi connectivity index (χ3n) is 2.38. The van der Waals surface area contributed by atoms with E-state index in [1.165, 1.54) is 18.2 Å². The lowest BCUT2D eigenvalue weighted by Gasteiger charge is -2.09. The van der Waals surface area contributed by atoms with Crippen molar-refractivity contribution in [1.29, 1.82) is 0 Å². The highest BCUT2D eigenvalue weighted by Crippen LogP contribution is 2.35. The molecule has 17 heavy (non-hydrogen) atoms. The van der Waals surface area contributed by atoms with Crippen molar-refractivity contribution in [3.05, 3.63) is 51.5 Å². The maximum atomic E-state index is 13.9. The van der Waals surface area contributed by atoms with Crippen LogP contribution in [-0.4, -0.2) is 0 Å².